The van der Waals surface area contributed by atoms with Crippen LogP contribution in [0.5, 0.6) is 0 Å². The summed E-state index contributed by atoms with van der Waals surface area (Å²) in [6.45, 7) is 5.57. The van der Waals surface area contributed by atoms with Gasteiger partial charge in [0.25, 0.3) is 5.91 Å². The molecule has 0 unspecified atom stereocenters. The zero-order valence-corrected chi connectivity index (χ0v) is 17.2. The van der Waals surface area contributed by atoms with E-state index >= 15 is 0 Å². The summed E-state index contributed by atoms with van der Waals surface area (Å²) in [5, 5.41) is 0. The number of aromatic nitrogens is 3. The van der Waals surface area contributed by atoms with E-state index in [0.717, 1.165) is 24.3 Å². The van der Waals surface area contributed by atoms with E-state index in [1.807, 2.05) is 30.3 Å². The Hall–Kier alpha value is -3.28. The second-order valence-electron chi connectivity index (χ2n) is 7.30. The second kappa shape index (κ2) is 9.78. The Morgan fingerprint density at radius 3 is 2.41 bits per heavy atom. The van der Waals surface area contributed by atoms with Crippen LogP contribution >= 0.6 is 0 Å². The van der Waals surface area contributed by atoms with Gasteiger partial charge in [0.05, 0.1) is 0 Å². The number of hydrogen-bond donors (Lipinski definition) is 0. The summed E-state index contributed by atoms with van der Waals surface area (Å²) in [5.41, 5.74) is 2.75. The molecule has 0 fully saturated rings. The molecule has 2 aromatic heterocycles. The Balaban J connectivity index is 1.72. The number of benzene rings is 1. The second-order valence-corrected chi connectivity index (χ2v) is 7.30. The Labute approximate surface area is 172 Å². The van der Waals surface area contributed by atoms with Crippen LogP contribution in [0, 0.1) is 0 Å². The number of carbonyl (C=O) groups is 1. The molecule has 1 amide bonds. The molecule has 0 aliphatic carbocycles. The molecule has 2 heterocycles. The minimum atomic E-state index is -0.105. The van der Waals surface area contributed by atoms with E-state index in [1.54, 1.807) is 30.4 Å². The first-order valence-electron chi connectivity index (χ1n) is 9.81. The highest BCUT2D eigenvalue weighted by atomic mass is 16.2. The van der Waals surface area contributed by atoms with Crippen LogP contribution in [0.15, 0.2) is 67.3 Å². The zero-order valence-electron chi connectivity index (χ0n) is 17.2. The van der Waals surface area contributed by atoms with Crippen molar-refractivity contribution in [2.45, 2.75) is 32.9 Å². The summed E-state index contributed by atoms with van der Waals surface area (Å²) in [7, 11) is 1.80. The fourth-order valence-corrected chi connectivity index (χ4v) is 3.07. The summed E-state index contributed by atoms with van der Waals surface area (Å²) in [6.07, 6.45) is 5.77. The summed E-state index contributed by atoms with van der Waals surface area (Å²) in [5.74, 6) is 0.649. The Morgan fingerprint density at radius 1 is 1.00 bits per heavy atom. The quantitative estimate of drug-likeness (QED) is 0.589. The smallest absolute Gasteiger partial charge is 0.272 e. The minimum absolute atomic E-state index is 0.105. The molecule has 6 heteroatoms. The number of carbonyl (C=O) groups excluding carboxylic acids is 1. The number of likely N-dealkylation sites (N-methyl/N-ethyl adjacent to an activating group) is 1. The van der Waals surface area contributed by atoms with Crippen molar-refractivity contribution in [2.24, 2.45) is 0 Å². The van der Waals surface area contributed by atoms with E-state index in [0.29, 0.717) is 12.2 Å². The van der Waals surface area contributed by atoms with Crippen molar-refractivity contribution in [3.05, 3.63) is 84.1 Å². The van der Waals surface area contributed by atoms with Crippen LogP contribution in [0.2, 0.25) is 0 Å². The molecule has 3 rings (SSSR count). The first-order valence-corrected chi connectivity index (χ1v) is 9.81. The average Bonchev–Trinajstić information content (AvgIpc) is 2.76. The third kappa shape index (κ3) is 5.60. The number of rotatable bonds is 8. The molecule has 0 saturated carbocycles. The molecule has 150 valence electrons. The highest BCUT2D eigenvalue weighted by Gasteiger charge is 2.18. The summed E-state index contributed by atoms with van der Waals surface area (Å²) in [6, 6.07) is 16.2. The van der Waals surface area contributed by atoms with E-state index in [1.165, 1.54) is 11.9 Å². The fraction of sp³-hybridized carbons (Fsp3) is 0.304. The van der Waals surface area contributed by atoms with Gasteiger partial charge in [0.15, 0.2) is 0 Å². The molecule has 0 aliphatic rings. The van der Waals surface area contributed by atoms with Gasteiger partial charge in [0.1, 0.15) is 17.8 Å². The van der Waals surface area contributed by atoms with E-state index in [-0.39, 0.29) is 11.9 Å². The van der Waals surface area contributed by atoms with Gasteiger partial charge in [-0.3, -0.25) is 9.78 Å². The third-order valence-electron chi connectivity index (χ3n) is 4.82. The van der Waals surface area contributed by atoms with Gasteiger partial charge in [-0.2, -0.15) is 0 Å². The minimum Gasteiger partial charge on any atom is -0.350 e. The molecule has 6 nitrogen and oxygen atoms in total. The van der Waals surface area contributed by atoms with Crippen molar-refractivity contribution in [1.29, 1.82) is 0 Å². The molecule has 29 heavy (non-hydrogen) atoms. The first-order chi connectivity index (χ1) is 14.0. The highest BCUT2D eigenvalue weighted by Crippen LogP contribution is 2.18. The van der Waals surface area contributed by atoms with Crippen molar-refractivity contribution >= 4 is 11.7 Å². The maximum absolute atomic E-state index is 12.9. The average molecular weight is 390 g/mol. The van der Waals surface area contributed by atoms with Gasteiger partial charge in [-0.05, 0) is 43.5 Å². The van der Waals surface area contributed by atoms with Gasteiger partial charge >= 0.3 is 0 Å². The number of nitrogens with zero attached hydrogens (tertiary/aromatic N) is 5. The predicted molar refractivity (Wildman–Crippen MR) is 115 cm³/mol. The third-order valence-corrected chi connectivity index (χ3v) is 4.82. The molecule has 0 atom stereocenters. The van der Waals surface area contributed by atoms with Crippen LogP contribution in [0.1, 0.15) is 35.5 Å². The maximum Gasteiger partial charge on any atom is 0.272 e. The summed E-state index contributed by atoms with van der Waals surface area (Å²) in [4.78, 5) is 29.4. The topological polar surface area (TPSA) is 62.2 Å². The molecular weight excluding hydrogens is 362 g/mol. The van der Waals surface area contributed by atoms with Crippen molar-refractivity contribution in [3.63, 3.8) is 0 Å². The fourth-order valence-electron chi connectivity index (χ4n) is 3.07. The SMILES string of the molecule is CC(C)N(Cc1ccccc1)c1cc(C(=O)N(C)CCc2ccncc2)ncn1. The molecule has 0 spiro atoms. The summed E-state index contributed by atoms with van der Waals surface area (Å²) < 4.78 is 0. The highest BCUT2D eigenvalue weighted by molar-refractivity contribution is 5.92. The van der Waals surface area contributed by atoms with Gasteiger partial charge in [0, 0.05) is 44.6 Å². The molecule has 3 aromatic rings. The van der Waals surface area contributed by atoms with E-state index in [4.69, 9.17) is 0 Å². The molecule has 0 aliphatic heterocycles. The predicted octanol–water partition coefficient (Wildman–Crippen LogP) is 3.60. The lowest BCUT2D eigenvalue weighted by Gasteiger charge is -2.28. The Bertz CT molecular complexity index is 915. The summed E-state index contributed by atoms with van der Waals surface area (Å²) >= 11 is 0. The molecule has 0 N–H and O–H groups in total. The normalized spacial score (nSPS) is 10.8. The van der Waals surface area contributed by atoms with Crippen molar-refractivity contribution < 1.29 is 4.79 Å². The van der Waals surface area contributed by atoms with E-state index in [9.17, 15) is 4.79 Å². The lowest BCUT2D eigenvalue weighted by molar-refractivity contribution is 0.0790. The van der Waals surface area contributed by atoms with Crippen LogP contribution < -0.4 is 4.90 Å². The standard InChI is InChI=1S/C23H27N5O/c1-18(2)28(16-20-7-5-4-6-8-20)22-15-21(25-17-26-22)23(29)27(3)14-11-19-9-12-24-13-10-19/h4-10,12-13,15,17-18H,11,14,16H2,1-3H3. The molecule has 0 bridgehead atoms. The van der Waals surface area contributed by atoms with Gasteiger partial charge in [-0.1, -0.05) is 30.3 Å². The van der Waals surface area contributed by atoms with Crippen LogP contribution in [-0.4, -0.2) is 45.4 Å². The lowest BCUT2D eigenvalue weighted by Crippen LogP contribution is -2.32. The van der Waals surface area contributed by atoms with Crippen LogP contribution in [0.3, 0.4) is 0 Å². The van der Waals surface area contributed by atoms with Crippen LogP contribution in [0.4, 0.5) is 5.82 Å². The molecular formula is C23H27N5O. The maximum atomic E-state index is 12.9. The number of pyridine rings is 1. The van der Waals surface area contributed by atoms with Crippen LogP contribution in [0.25, 0.3) is 0 Å². The Morgan fingerprint density at radius 2 is 1.72 bits per heavy atom. The van der Waals surface area contributed by atoms with E-state index < -0.39 is 0 Å². The van der Waals surface area contributed by atoms with Gasteiger partial charge in [-0.15, -0.1) is 0 Å². The van der Waals surface area contributed by atoms with Crippen molar-refractivity contribution in [2.75, 3.05) is 18.5 Å². The van der Waals surface area contributed by atoms with Crippen LogP contribution in [-0.2, 0) is 13.0 Å². The van der Waals surface area contributed by atoms with Gasteiger partial charge in [-0.25, -0.2) is 9.97 Å². The number of anilines is 1. The number of amides is 1. The van der Waals surface area contributed by atoms with Gasteiger partial charge < -0.3 is 9.80 Å². The van der Waals surface area contributed by atoms with Crippen molar-refractivity contribution in [1.82, 2.24) is 19.9 Å². The van der Waals surface area contributed by atoms with E-state index in [2.05, 4.69) is 45.8 Å². The van der Waals surface area contributed by atoms with Gasteiger partial charge in [0.2, 0.25) is 0 Å². The molecule has 1 aromatic carbocycles. The number of hydrogen-bond acceptors (Lipinski definition) is 5. The Kier molecular flexibility index (Phi) is 6.89. The monoisotopic (exact) mass is 389 g/mol. The first kappa shape index (κ1) is 20.5. The molecule has 0 radical (unpaired) electrons. The largest absolute Gasteiger partial charge is 0.350 e. The zero-order chi connectivity index (χ0) is 20.6. The molecule has 0 saturated heterocycles. The van der Waals surface area contributed by atoms with Crippen molar-refractivity contribution in [3.8, 4) is 0 Å². The lowest BCUT2D eigenvalue weighted by atomic mass is 10.2.